The van der Waals surface area contributed by atoms with Crippen LogP contribution in [0.5, 0.6) is 11.5 Å². The predicted octanol–water partition coefficient (Wildman–Crippen LogP) is 1.01. The SMILES string of the molecule is COc1cc(OC)c(C(=O)C[NH+]2CCC(n3nc(Cc4ccc(F)cc4)c4ccccc4c3=O)CC2)cc1Br.[Br-]. The molecule has 1 aliphatic heterocycles. The number of benzene rings is 3. The van der Waals surface area contributed by atoms with Crippen molar-refractivity contribution in [2.24, 2.45) is 0 Å². The molecule has 1 saturated heterocycles. The van der Waals surface area contributed by atoms with Crippen molar-refractivity contribution in [3.63, 3.8) is 0 Å². The first kappa shape index (κ1) is 29.9. The Morgan fingerprint density at radius 3 is 2.33 bits per heavy atom. The monoisotopic (exact) mass is 673 g/mol. The van der Waals surface area contributed by atoms with E-state index in [4.69, 9.17) is 14.6 Å². The van der Waals surface area contributed by atoms with E-state index in [9.17, 15) is 14.0 Å². The number of carbonyl (C=O) groups is 1. The zero-order chi connectivity index (χ0) is 27.5. The van der Waals surface area contributed by atoms with Gasteiger partial charge in [0.1, 0.15) is 23.9 Å². The van der Waals surface area contributed by atoms with Crippen molar-refractivity contribution in [2.75, 3.05) is 33.9 Å². The fraction of sp³-hybridized carbons (Fsp3) is 0.300. The smallest absolute Gasteiger partial charge is 0.274 e. The molecule has 40 heavy (non-hydrogen) atoms. The Bertz CT molecular complexity index is 1570. The maximum Gasteiger partial charge on any atom is 0.274 e. The average molecular weight is 675 g/mol. The molecule has 0 saturated carbocycles. The van der Waals surface area contributed by atoms with Crippen LogP contribution in [0, 0.1) is 5.82 Å². The number of rotatable bonds is 8. The number of carbonyl (C=O) groups excluding carboxylic acids is 1. The van der Waals surface area contributed by atoms with Gasteiger partial charge in [0.15, 0.2) is 0 Å². The Morgan fingerprint density at radius 1 is 1.02 bits per heavy atom. The van der Waals surface area contributed by atoms with Crippen LogP contribution >= 0.6 is 15.9 Å². The number of hydrogen-bond acceptors (Lipinski definition) is 5. The molecular formula is C30H30Br2FN3O4. The third-order valence-corrected chi connectivity index (χ3v) is 8.00. The molecular weight excluding hydrogens is 645 g/mol. The van der Waals surface area contributed by atoms with Gasteiger partial charge in [0, 0.05) is 30.7 Å². The third kappa shape index (κ3) is 6.29. The topological polar surface area (TPSA) is 74.9 Å². The first-order valence-electron chi connectivity index (χ1n) is 12.9. The molecule has 0 atom stereocenters. The Balaban J connectivity index is 0.00000370. The molecule has 1 aliphatic rings. The Labute approximate surface area is 250 Å². The summed E-state index contributed by atoms with van der Waals surface area (Å²) in [6.07, 6.45) is 1.96. The molecule has 1 fully saturated rings. The molecule has 0 bridgehead atoms. The Hall–Kier alpha value is -3.08. The van der Waals surface area contributed by atoms with Crippen LogP contribution in [0.4, 0.5) is 4.39 Å². The number of fused-ring (bicyclic) bond motifs is 1. The number of halogens is 3. The van der Waals surface area contributed by atoms with Gasteiger partial charge in [0.2, 0.25) is 5.78 Å². The number of quaternary nitrogens is 1. The lowest BCUT2D eigenvalue weighted by Gasteiger charge is -2.29. The standard InChI is InChI=1S/C30H29BrFN3O4.BrH/c1-38-28-17-29(39-2)25(31)16-24(28)27(36)18-34-13-11-21(12-14-34)35-30(37)23-6-4-3-5-22(23)26(33-35)15-19-7-9-20(32)10-8-19;/h3-10,16-17,21H,11-15,18H2,1-2H3;1H. The lowest BCUT2D eigenvalue weighted by Crippen LogP contribution is -3.13. The van der Waals surface area contributed by atoms with Gasteiger partial charge in [-0.3, -0.25) is 9.59 Å². The van der Waals surface area contributed by atoms with Crippen molar-refractivity contribution < 1.29 is 40.5 Å². The van der Waals surface area contributed by atoms with Crippen molar-refractivity contribution in [3.8, 4) is 11.5 Å². The van der Waals surface area contributed by atoms with E-state index in [0.29, 0.717) is 39.9 Å². The van der Waals surface area contributed by atoms with E-state index in [0.717, 1.165) is 47.5 Å². The minimum atomic E-state index is -0.285. The molecule has 0 aliphatic carbocycles. The van der Waals surface area contributed by atoms with E-state index in [1.54, 1.807) is 36.1 Å². The van der Waals surface area contributed by atoms with Gasteiger partial charge in [0.25, 0.3) is 5.56 Å². The molecule has 4 aromatic rings. The molecule has 1 aromatic heterocycles. The molecule has 0 spiro atoms. The van der Waals surface area contributed by atoms with E-state index < -0.39 is 0 Å². The summed E-state index contributed by atoms with van der Waals surface area (Å²) in [6.45, 7) is 1.81. The van der Waals surface area contributed by atoms with Crippen LogP contribution in [0.2, 0.25) is 0 Å². The zero-order valence-electron chi connectivity index (χ0n) is 22.3. The zero-order valence-corrected chi connectivity index (χ0v) is 25.4. The normalized spacial score (nSPS) is 16.8. The van der Waals surface area contributed by atoms with Crippen molar-refractivity contribution in [2.45, 2.75) is 25.3 Å². The number of ether oxygens (including phenoxy) is 2. The van der Waals surface area contributed by atoms with Crippen LogP contribution < -0.4 is 36.9 Å². The van der Waals surface area contributed by atoms with Gasteiger partial charge >= 0.3 is 0 Å². The van der Waals surface area contributed by atoms with Crippen LogP contribution in [-0.4, -0.2) is 49.4 Å². The molecule has 210 valence electrons. The first-order chi connectivity index (χ1) is 18.9. The summed E-state index contributed by atoms with van der Waals surface area (Å²) in [4.78, 5) is 27.8. The van der Waals surface area contributed by atoms with E-state index in [1.165, 1.54) is 19.2 Å². The summed E-state index contributed by atoms with van der Waals surface area (Å²) in [7, 11) is 3.10. The fourth-order valence-corrected chi connectivity index (χ4v) is 5.79. The van der Waals surface area contributed by atoms with Crippen molar-refractivity contribution in [3.05, 3.63) is 98.1 Å². The summed E-state index contributed by atoms with van der Waals surface area (Å²) >= 11 is 3.46. The van der Waals surface area contributed by atoms with Crippen LogP contribution in [0.1, 0.15) is 40.5 Å². The highest BCUT2D eigenvalue weighted by Crippen LogP contribution is 2.33. The number of hydrogen-bond donors (Lipinski definition) is 1. The number of methoxy groups -OCH3 is 2. The van der Waals surface area contributed by atoms with Crippen LogP contribution in [0.3, 0.4) is 0 Å². The highest BCUT2D eigenvalue weighted by Gasteiger charge is 2.29. The van der Waals surface area contributed by atoms with Gasteiger partial charge in [-0.05, 0) is 45.8 Å². The van der Waals surface area contributed by atoms with E-state index in [-0.39, 0.29) is 40.2 Å². The van der Waals surface area contributed by atoms with Crippen LogP contribution in [0.25, 0.3) is 10.8 Å². The Kier molecular flexibility index (Phi) is 9.76. The largest absolute Gasteiger partial charge is 1.00 e. The molecule has 10 heteroatoms. The summed E-state index contributed by atoms with van der Waals surface area (Å²) in [5.74, 6) is 0.789. The number of Topliss-reactive ketones (excluding diaryl/α,β-unsaturated/α-hetero) is 1. The Morgan fingerprint density at radius 2 is 1.68 bits per heavy atom. The van der Waals surface area contributed by atoms with E-state index >= 15 is 0 Å². The molecule has 0 amide bonds. The number of nitrogens with one attached hydrogen (secondary N) is 1. The first-order valence-corrected chi connectivity index (χ1v) is 13.7. The van der Waals surface area contributed by atoms with Crippen molar-refractivity contribution in [1.82, 2.24) is 9.78 Å². The van der Waals surface area contributed by atoms with Gasteiger partial charge in [-0.1, -0.05) is 30.3 Å². The summed E-state index contributed by atoms with van der Waals surface area (Å²) in [6, 6.07) is 17.3. The van der Waals surface area contributed by atoms with E-state index in [2.05, 4.69) is 15.9 Å². The summed E-state index contributed by atoms with van der Waals surface area (Å²) in [5.41, 5.74) is 2.13. The fourth-order valence-electron chi connectivity index (χ4n) is 5.28. The highest BCUT2D eigenvalue weighted by atomic mass is 79.9. The molecule has 0 radical (unpaired) electrons. The molecule has 3 aromatic carbocycles. The molecule has 1 N–H and O–H groups in total. The van der Waals surface area contributed by atoms with Gasteiger partial charge < -0.3 is 31.4 Å². The lowest BCUT2D eigenvalue weighted by atomic mass is 10.0. The van der Waals surface area contributed by atoms with Crippen LogP contribution in [-0.2, 0) is 6.42 Å². The minimum absolute atomic E-state index is 0. The second kappa shape index (κ2) is 13.1. The maximum atomic E-state index is 13.4. The molecule has 7 nitrogen and oxygen atoms in total. The maximum absolute atomic E-state index is 13.4. The van der Waals surface area contributed by atoms with Crippen molar-refractivity contribution >= 4 is 32.5 Å². The summed E-state index contributed by atoms with van der Waals surface area (Å²) < 4.78 is 26.5. The number of ketones is 1. The molecule has 2 heterocycles. The van der Waals surface area contributed by atoms with Gasteiger partial charge in [-0.25, -0.2) is 9.07 Å². The van der Waals surface area contributed by atoms with Gasteiger partial charge in [-0.15, -0.1) is 0 Å². The highest BCUT2D eigenvalue weighted by molar-refractivity contribution is 9.10. The number of nitrogens with zero attached hydrogens (tertiary/aromatic N) is 2. The third-order valence-electron chi connectivity index (χ3n) is 7.38. The van der Waals surface area contributed by atoms with Gasteiger partial charge in [0.05, 0.1) is 54.5 Å². The lowest BCUT2D eigenvalue weighted by molar-refractivity contribution is -0.897. The predicted molar refractivity (Wildman–Crippen MR) is 151 cm³/mol. The number of piperidine rings is 1. The van der Waals surface area contributed by atoms with Crippen LogP contribution in [0.15, 0.2) is 69.9 Å². The second-order valence-electron chi connectivity index (χ2n) is 9.81. The quantitative estimate of drug-likeness (QED) is 0.283. The minimum Gasteiger partial charge on any atom is -1.00 e. The molecule has 5 rings (SSSR count). The number of likely N-dealkylation sites (tertiary alicyclic amines) is 1. The van der Waals surface area contributed by atoms with E-state index in [1.807, 2.05) is 24.3 Å². The second-order valence-corrected chi connectivity index (χ2v) is 10.7. The number of aromatic nitrogens is 2. The average Bonchev–Trinajstić information content (AvgIpc) is 2.96. The van der Waals surface area contributed by atoms with Gasteiger partial charge in [-0.2, -0.15) is 5.10 Å². The summed E-state index contributed by atoms with van der Waals surface area (Å²) in [5, 5.41) is 6.27. The van der Waals surface area contributed by atoms with Crippen molar-refractivity contribution in [1.29, 1.82) is 0 Å². The molecule has 0 unspecified atom stereocenters.